The van der Waals surface area contributed by atoms with Gasteiger partial charge in [0.05, 0.1) is 0 Å². The van der Waals surface area contributed by atoms with E-state index >= 15 is 0 Å². The van der Waals surface area contributed by atoms with Crippen LogP contribution in [0, 0.1) is 5.41 Å². The van der Waals surface area contributed by atoms with Crippen molar-refractivity contribution in [3.8, 4) is 0 Å². The van der Waals surface area contributed by atoms with Gasteiger partial charge in [0.1, 0.15) is 11.0 Å². The first-order chi connectivity index (χ1) is 6.43. The summed E-state index contributed by atoms with van der Waals surface area (Å²) < 4.78 is 0. The van der Waals surface area contributed by atoms with Gasteiger partial charge in [0.15, 0.2) is 0 Å². The zero-order valence-electron chi connectivity index (χ0n) is 7.49. The second kappa shape index (κ2) is 5.93. The molecule has 14 heavy (non-hydrogen) atoms. The topological polar surface area (TPSA) is 100 Å². The van der Waals surface area contributed by atoms with Gasteiger partial charge < -0.3 is 10.8 Å². The molecule has 4 N–H and O–H groups in total. The van der Waals surface area contributed by atoms with E-state index in [0.29, 0.717) is 10.7 Å². The van der Waals surface area contributed by atoms with Gasteiger partial charge in [0.25, 0.3) is 5.97 Å². The molecule has 1 aromatic heterocycles. The highest BCUT2D eigenvalue weighted by atomic mass is 35.5. The van der Waals surface area contributed by atoms with Crippen molar-refractivity contribution in [3.63, 3.8) is 0 Å². The highest BCUT2D eigenvalue weighted by molar-refractivity contribution is 6.29. The zero-order valence-corrected chi connectivity index (χ0v) is 8.25. The molecule has 0 aliphatic rings. The fourth-order valence-corrected chi connectivity index (χ4v) is 0.744. The van der Waals surface area contributed by atoms with Crippen LogP contribution in [-0.2, 0) is 4.79 Å². The van der Waals surface area contributed by atoms with Gasteiger partial charge in [-0.2, -0.15) is 0 Å². The van der Waals surface area contributed by atoms with Crippen LogP contribution in [0.2, 0.25) is 5.15 Å². The van der Waals surface area contributed by atoms with Crippen molar-refractivity contribution < 1.29 is 9.90 Å². The Hall–Kier alpha value is -1.62. The highest BCUT2D eigenvalue weighted by Gasteiger charge is 1.95. The third-order valence-corrected chi connectivity index (χ3v) is 1.24. The Bertz CT molecular complexity index is 337. The maximum absolute atomic E-state index is 9.00. The van der Waals surface area contributed by atoms with Crippen LogP contribution in [0.15, 0.2) is 18.3 Å². The molecule has 0 unspecified atom stereocenters. The summed E-state index contributed by atoms with van der Waals surface area (Å²) in [6, 6.07) is 3.18. The molecule has 0 fully saturated rings. The number of nitrogens with two attached hydrogens (primary N) is 1. The fourth-order valence-electron chi connectivity index (χ4n) is 0.570. The van der Waals surface area contributed by atoms with E-state index in [1.54, 1.807) is 12.1 Å². The van der Waals surface area contributed by atoms with Gasteiger partial charge in [0, 0.05) is 18.7 Å². The standard InChI is InChI=1S/C6H6ClN3.C2H4O2/c7-5-3-4(6(8)9)1-2-10-5;1-2(3)4/h1-3H,(H3,8,9);1H3,(H,3,4). The van der Waals surface area contributed by atoms with Gasteiger partial charge in [-0.1, -0.05) is 11.6 Å². The van der Waals surface area contributed by atoms with Gasteiger partial charge >= 0.3 is 0 Å². The third-order valence-electron chi connectivity index (χ3n) is 1.04. The molecule has 0 amide bonds. The zero-order chi connectivity index (χ0) is 11.1. The smallest absolute Gasteiger partial charge is 0.300 e. The second-order valence-corrected chi connectivity index (χ2v) is 2.69. The van der Waals surface area contributed by atoms with Crippen LogP contribution in [0.4, 0.5) is 0 Å². The summed E-state index contributed by atoms with van der Waals surface area (Å²) in [7, 11) is 0. The average Bonchev–Trinajstić information content (AvgIpc) is 2.03. The van der Waals surface area contributed by atoms with Crippen LogP contribution in [-0.4, -0.2) is 21.9 Å². The quantitative estimate of drug-likeness (QED) is 0.371. The van der Waals surface area contributed by atoms with E-state index in [4.69, 9.17) is 32.6 Å². The molecule has 76 valence electrons. The van der Waals surface area contributed by atoms with Gasteiger partial charge in [-0.05, 0) is 12.1 Å². The summed E-state index contributed by atoms with van der Waals surface area (Å²) in [5, 5.41) is 14.8. The maximum Gasteiger partial charge on any atom is 0.300 e. The minimum Gasteiger partial charge on any atom is -0.481 e. The molecular weight excluding hydrogens is 206 g/mol. The number of pyridine rings is 1. The number of hydrogen-bond donors (Lipinski definition) is 3. The number of carbonyl (C=O) groups is 1. The number of nitrogens with zero attached hydrogens (tertiary/aromatic N) is 1. The first-order valence-electron chi connectivity index (χ1n) is 3.59. The lowest BCUT2D eigenvalue weighted by atomic mass is 10.2. The van der Waals surface area contributed by atoms with E-state index in [1.165, 1.54) is 6.20 Å². The molecule has 0 aromatic carbocycles. The molecule has 0 radical (unpaired) electrons. The summed E-state index contributed by atoms with van der Waals surface area (Å²) >= 11 is 5.53. The van der Waals surface area contributed by atoms with E-state index in [1.807, 2.05) is 0 Å². The van der Waals surface area contributed by atoms with Crippen LogP contribution < -0.4 is 5.73 Å². The molecule has 0 atom stereocenters. The highest BCUT2D eigenvalue weighted by Crippen LogP contribution is 2.05. The number of nitrogen functional groups attached to an aromatic ring is 1. The Morgan fingerprint density at radius 2 is 2.21 bits per heavy atom. The van der Waals surface area contributed by atoms with Crippen LogP contribution in [0.1, 0.15) is 12.5 Å². The van der Waals surface area contributed by atoms with Gasteiger partial charge in [-0.15, -0.1) is 0 Å². The number of halogens is 1. The molecule has 6 heteroatoms. The summed E-state index contributed by atoms with van der Waals surface area (Å²) in [4.78, 5) is 12.7. The van der Waals surface area contributed by atoms with Crippen molar-refractivity contribution in [2.45, 2.75) is 6.92 Å². The Balaban J connectivity index is 0.000000364. The monoisotopic (exact) mass is 215 g/mol. The van der Waals surface area contributed by atoms with Crippen molar-refractivity contribution in [2.24, 2.45) is 5.73 Å². The van der Waals surface area contributed by atoms with Gasteiger partial charge in [-0.3, -0.25) is 10.2 Å². The molecule has 1 heterocycles. The molecule has 0 aliphatic heterocycles. The maximum atomic E-state index is 9.00. The number of hydrogen-bond acceptors (Lipinski definition) is 3. The molecule has 5 nitrogen and oxygen atoms in total. The Kier molecular flexibility index (Phi) is 5.24. The summed E-state index contributed by atoms with van der Waals surface area (Å²) in [6.07, 6.45) is 1.51. The van der Waals surface area contributed by atoms with E-state index in [0.717, 1.165) is 6.92 Å². The van der Waals surface area contributed by atoms with Crippen molar-refractivity contribution in [1.82, 2.24) is 4.98 Å². The number of aliphatic carboxylic acids is 1. The van der Waals surface area contributed by atoms with E-state index in [2.05, 4.69) is 4.98 Å². The summed E-state index contributed by atoms with van der Waals surface area (Å²) in [5.41, 5.74) is 5.78. The number of nitrogens with one attached hydrogen (secondary N) is 1. The fraction of sp³-hybridized carbons (Fsp3) is 0.125. The average molecular weight is 216 g/mol. The molecule has 0 saturated carbocycles. The van der Waals surface area contributed by atoms with Gasteiger partial charge in [0.2, 0.25) is 0 Å². The minimum atomic E-state index is -0.833. The number of carboxylic acid groups (broad SMARTS) is 1. The molecule has 1 aromatic rings. The number of amidine groups is 1. The van der Waals surface area contributed by atoms with Crippen molar-refractivity contribution >= 4 is 23.4 Å². The normalized spacial score (nSPS) is 8.43. The first-order valence-corrected chi connectivity index (χ1v) is 3.96. The second-order valence-electron chi connectivity index (χ2n) is 2.30. The third kappa shape index (κ3) is 5.96. The molecule has 0 bridgehead atoms. The number of aromatic nitrogens is 1. The van der Waals surface area contributed by atoms with Crippen molar-refractivity contribution in [1.29, 1.82) is 5.41 Å². The predicted octanol–water partition coefficient (Wildman–Crippen LogP) is 1.11. The molecular formula is C8H10ClN3O2. The van der Waals surface area contributed by atoms with Gasteiger partial charge in [-0.25, -0.2) is 4.98 Å². The Morgan fingerprint density at radius 3 is 2.50 bits per heavy atom. The van der Waals surface area contributed by atoms with Crippen LogP contribution in [0.25, 0.3) is 0 Å². The Morgan fingerprint density at radius 1 is 1.71 bits per heavy atom. The minimum absolute atomic E-state index is 0.00398. The summed E-state index contributed by atoms with van der Waals surface area (Å²) in [5.74, 6) is -0.829. The predicted molar refractivity (Wildman–Crippen MR) is 53.6 cm³/mol. The van der Waals surface area contributed by atoms with E-state index in [-0.39, 0.29) is 5.84 Å². The number of rotatable bonds is 1. The lowest BCUT2D eigenvalue weighted by Gasteiger charge is -1.95. The first kappa shape index (κ1) is 12.4. The molecule has 0 saturated heterocycles. The Labute approximate surface area is 86.0 Å². The van der Waals surface area contributed by atoms with Crippen molar-refractivity contribution in [2.75, 3.05) is 0 Å². The number of carboxylic acids is 1. The SMILES string of the molecule is CC(=O)O.N=C(N)c1ccnc(Cl)c1. The van der Waals surface area contributed by atoms with Crippen LogP contribution >= 0.6 is 11.6 Å². The lowest BCUT2D eigenvalue weighted by Crippen LogP contribution is -2.10. The van der Waals surface area contributed by atoms with E-state index < -0.39 is 5.97 Å². The summed E-state index contributed by atoms with van der Waals surface area (Å²) in [6.45, 7) is 1.08. The molecule has 1 rings (SSSR count). The largest absolute Gasteiger partial charge is 0.481 e. The van der Waals surface area contributed by atoms with Crippen molar-refractivity contribution in [3.05, 3.63) is 29.0 Å². The molecule has 0 aliphatic carbocycles. The lowest BCUT2D eigenvalue weighted by molar-refractivity contribution is -0.134. The van der Waals surface area contributed by atoms with Crippen LogP contribution in [0.5, 0.6) is 0 Å². The van der Waals surface area contributed by atoms with E-state index in [9.17, 15) is 0 Å². The molecule has 0 spiro atoms. The van der Waals surface area contributed by atoms with Crippen LogP contribution in [0.3, 0.4) is 0 Å².